The molecule has 0 N–H and O–H groups in total. The summed E-state index contributed by atoms with van der Waals surface area (Å²) < 4.78 is 1.36. The third-order valence-electron chi connectivity index (χ3n) is 5.51. The Hall–Kier alpha value is -2.56. The first-order valence-electron chi connectivity index (χ1n) is 9.34. The summed E-state index contributed by atoms with van der Waals surface area (Å²) in [6.45, 7) is 2.07. The van der Waals surface area contributed by atoms with E-state index in [9.17, 15) is 0 Å². The maximum absolute atomic E-state index is 4.28. The minimum atomic E-state index is 0.435. The fourth-order valence-corrected chi connectivity index (χ4v) is 4.89. The fraction of sp³-hybridized carbons (Fsp3) is 0.217. The van der Waals surface area contributed by atoms with Crippen molar-refractivity contribution in [2.24, 2.45) is 0 Å². The summed E-state index contributed by atoms with van der Waals surface area (Å²) in [7, 11) is 2.21. The molecule has 27 heavy (non-hydrogen) atoms. The quantitative estimate of drug-likeness (QED) is 0.477. The summed E-state index contributed by atoms with van der Waals surface area (Å²) in [5, 5.41) is 11.8. The number of aromatic nitrogens is 2. The number of fused-ring (bicyclic) bond motifs is 2. The molecule has 3 heterocycles. The van der Waals surface area contributed by atoms with Crippen LogP contribution < -0.4 is 0 Å². The molecular weight excluding hydrogens is 350 g/mol. The topological polar surface area (TPSA) is 29.0 Å². The lowest BCUT2D eigenvalue weighted by Gasteiger charge is -2.19. The van der Waals surface area contributed by atoms with E-state index in [0.29, 0.717) is 5.92 Å². The molecule has 0 saturated carbocycles. The number of hydrogen-bond acceptors (Lipinski definition) is 4. The Labute approximate surface area is 163 Å². The van der Waals surface area contributed by atoms with Gasteiger partial charge in [-0.3, -0.25) is 0 Å². The first-order chi connectivity index (χ1) is 13.3. The van der Waals surface area contributed by atoms with Gasteiger partial charge in [0.25, 0.3) is 0 Å². The van der Waals surface area contributed by atoms with Crippen LogP contribution in [0.3, 0.4) is 0 Å². The van der Waals surface area contributed by atoms with Crippen molar-refractivity contribution < 1.29 is 0 Å². The predicted molar refractivity (Wildman–Crippen MR) is 112 cm³/mol. The van der Waals surface area contributed by atoms with Gasteiger partial charge in [0.05, 0.1) is 5.69 Å². The molecule has 1 atom stereocenters. The molecule has 134 valence electrons. The van der Waals surface area contributed by atoms with Gasteiger partial charge in [0.1, 0.15) is 0 Å². The van der Waals surface area contributed by atoms with Crippen molar-refractivity contribution in [3.05, 3.63) is 82.9 Å². The third kappa shape index (κ3) is 3.15. The normalized spacial score (nSPS) is 17.6. The van der Waals surface area contributed by atoms with Crippen molar-refractivity contribution in [2.75, 3.05) is 13.6 Å². The van der Waals surface area contributed by atoms with Gasteiger partial charge in [-0.25, -0.2) is 0 Å². The molecule has 2 aromatic heterocycles. The van der Waals surface area contributed by atoms with Crippen LogP contribution in [0, 0.1) is 0 Å². The van der Waals surface area contributed by atoms with E-state index in [1.807, 2.05) is 23.5 Å². The lowest BCUT2D eigenvalue weighted by atomic mass is 9.85. The zero-order valence-electron chi connectivity index (χ0n) is 15.3. The molecule has 0 radical (unpaired) electrons. The number of hydrogen-bond donors (Lipinski definition) is 0. The van der Waals surface area contributed by atoms with Gasteiger partial charge in [-0.1, -0.05) is 18.2 Å². The van der Waals surface area contributed by atoms with E-state index in [0.717, 1.165) is 30.8 Å². The molecule has 3 nitrogen and oxygen atoms in total. The van der Waals surface area contributed by atoms with Crippen LogP contribution in [-0.4, -0.2) is 28.7 Å². The first kappa shape index (κ1) is 16.6. The van der Waals surface area contributed by atoms with Crippen molar-refractivity contribution in [3.63, 3.8) is 0 Å². The highest BCUT2D eigenvalue weighted by molar-refractivity contribution is 7.17. The number of thiophene rings is 1. The minimum Gasteiger partial charge on any atom is -0.302 e. The average molecular weight is 372 g/mol. The predicted octanol–water partition coefficient (Wildman–Crippen LogP) is 5.33. The van der Waals surface area contributed by atoms with Gasteiger partial charge in [-0.15, -0.1) is 11.3 Å². The molecule has 0 bridgehead atoms. The Kier molecular flexibility index (Phi) is 4.23. The van der Waals surface area contributed by atoms with E-state index < -0.39 is 0 Å². The van der Waals surface area contributed by atoms with E-state index in [2.05, 4.69) is 70.0 Å². The van der Waals surface area contributed by atoms with E-state index >= 15 is 0 Å². The van der Waals surface area contributed by atoms with E-state index in [1.54, 1.807) is 6.20 Å². The highest BCUT2D eigenvalue weighted by atomic mass is 32.1. The van der Waals surface area contributed by atoms with Gasteiger partial charge in [0.15, 0.2) is 0 Å². The molecule has 1 unspecified atom stereocenters. The van der Waals surface area contributed by atoms with Gasteiger partial charge in [-0.2, -0.15) is 10.2 Å². The number of benzene rings is 2. The van der Waals surface area contributed by atoms with Crippen molar-refractivity contribution in [1.82, 2.24) is 15.1 Å². The Bertz CT molecular complexity index is 1090. The second kappa shape index (κ2) is 6.87. The lowest BCUT2D eigenvalue weighted by Crippen LogP contribution is -2.17. The molecule has 2 aromatic carbocycles. The Morgan fingerprint density at radius 3 is 2.93 bits per heavy atom. The van der Waals surface area contributed by atoms with E-state index in [4.69, 9.17) is 0 Å². The summed E-state index contributed by atoms with van der Waals surface area (Å²) in [4.78, 5) is 2.42. The second-order valence-electron chi connectivity index (χ2n) is 7.32. The lowest BCUT2D eigenvalue weighted by molar-refractivity contribution is 0.328. The molecule has 1 aliphatic rings. The standard InChI is InChI=1S/C23H21N3S/c1-26-11-8-21(16-5-7-23-18(13-16)9-12-27-23)20-6-4-17(14-19(20)15-26)22-3-2-10-24-25-22/h2-7,9-10,12-14,21H,8,11,15H2,1H3. The molecule has 5 rings (SSSR count). The molecule has 0 fully saturated rings. The number of rotatable bonds is 2. The largest absolute Gasteiger partial charge is 0.302 e. The summed E-state index contributed by atoms with van der Waals surface area (Å²) in [5.41, 5.74) is 6.34. The zero-order chi connectivity index (χ0) is 18.2. The van der Waals surface area contributed by atoms with Crippen LogP contribution in [0.4, 0.5) is 0 Å². The summed E-state index contributed by atoms with van der Waals surface area (Å²) in [6.07, 6.45) is 2.86. The summed E-state index contributed by atoms with van der Waals surface area (Å²) in [6, 6.07) is 20.0. The summed E-state index contributed by atoms with van der Waals surface area (Å²) in [5.74, 6) is 0.435. The molecule has 1 aliphatic heterocycles. The highest BCUT2D eigenvalue weighted by Gasteiger charge is 2.23. The van der Waals surface area contributed by atoms with E-state index in [1.165, 1.54) is 26.8 Å². The van der Waals surface area contributed by atoms with Crippen LogP contribution >= 0.6 is 11.3 Å². The molecule has 4 aromatic rings. The van der Waals surface area contributed by atoms with Crippen LogP contribution in [0.1, 0.15) is 29.0 Å². The third-order valence-corrected chi connectivity index (χ3v) is 6.40. The second-order valence-corrected chi connectivity index (χ2v) is 8.27. The molecular formula is C23H21N3S. The van der Waals surface area contributed by atoms with E-state index in [-0.39, 0.29) is 0 Å². The zero-order valence-corrected chi connectivity index (χ0v) is 16.1. The van der Waals surface area contributed by atoms with Crippen LogP contribution in [0.25, 0.3) is 21.3 Å². The minimum absolute atomic E-state index is 0.435. The van der Waals surface area contributed by atoms with Gasteiger partial charge in [0, 0.05) is 28.9 Å². The van der Waals surface area contributed by atoms with Crippen LogP contribution in [-0.2, 0) is 6.54 Å². The van der Waals surface area contributed by atoms with Crippen molar-refractivity contribution >= 4 is 21.4 Å². The van der Waals surface area contributed by atoms with Crippen LogP contribution in [0.15, 0.2) is 66.2 Å². The smallest absolute Gasteiger partial charge is 0.0929 e. The van der Waals surface area contributed by atoms with Gasteiger partial charge >= 0.3 is 0 Å². The Morgan fingerprint density at radius 1 is 1.07 bits per heavy atom. The average Bonchev–Trinajstić information content (AvgIpc) is 3.10. The maximum atomic E-state index is 4.28. The molecule has 0 aliphatic carbocycles. The highest BCUT2D eigenvalue weighted by Crippen LogP contribution is 2.37. The fourth-order valence-electron chi connectivity index (χ4n) is 4.12. The molecule has 4 heteroatoms. The van der Waals surface area contributed by atoms with Gasteiger partial charge in [0.2, 0.25) is 0 Å². The summed E-state index contributed by atoms with van der Waals surface area (Å²) >= 11 is 1.81. The molecule has 0 amide bonds. The maximum Gasteiger partial charge on any atom is 0.0929 e. The molecule has 0 saturated heterocycles. The van der Waals surface area contributed by atoms with Crippen LogP contribution in [0.2, 0.25) is 0 Å². The Balaban J connectivity index is 1.60. The van der Waals surface area contributed by atoms with Crippen molar-refractivity contribution in [3.8, 4) is 11.3 Å². The first-order valence-corrected chi connectivity index (χ1v) is 10.2. The van der Waals surface area contributed by atoms with Crippen molar-refractivity contribution in [1.29, 1.82) is 0 Å². The Morgan fingerprint density at radius 2 is 2.04 bits per heavy atom. The SMILES string of the molecule is CN1CCC(c2ccc3sccc3c2)c2ccc(-c3cccnn3)cc2C1. The monoisotopic (exact) mass is 371 g/mol. The van der Waals surface area contributed by atoms with Gasteiger partial charge < -0.3 is 4.90 Å². The van der Waals surface area contributed by atoms with Gasteiger partial charge in [-0.05, 0) is 83.9 Å². The van der Waals surface area contributed by atoms with Crippen molar-refractivity contribution in [2.45, 2.75) is 18.9 Å². The van der Waals surface area contributed by atoms with Crippen LogP contribution in [0.5, 0.6) is 0 Å². The molecule has 0 spiro atoms. The number of nitrogens with zero attached hydrogens (tertiary/aromatic N) is 3.